The van der Waals surface area contributed by atoms with Gasteiger partial charge in [-0.3, -0.25) is 0 Å². The van der Waals surface area contributed by atoms with Gasteiger partial charge in [0.25, 0.3) is 0 Å². The number of benzene rings is 1. The summed E-state index contributed by atoms with van der Waals surface area (Å²) in [5, 5.41) is 8.76. The lowest BCUT2D eigenvalue weighted by Gasteiger charge is -2.05. The molecule has 56 valence electrons. The van der Waals surface area contributed by atoms with Crippen LogP contribution in [0, 0.1) is 11.3 Å². The van der Waals surface area contributed by atoms with E-state index in [9.17, 15) is 0 Å². The Bertz CT molecular complexity index is 323. The van der Waals surface area contributed by atoms with Gasteiger partial charge < -0.3 is 0 Å². The Morgan fingerprint density at radius 2 is 2.27 bits per heavy atom. The van der Waals surface area contributed by atoms with E-state index in [1.807, 2.05) is 19.9 Å². The Kier molecular flexibility index (Phi) is 1.87. The number of hydrogen-bond acceptors (Lipinski definition) is 1. The van der Waals surface area contributed by atoms with E-state index in [1.165, 1.54) is 0 Å². The zero-order valence-corrected chi connectivity index (χ0v) is 6.76. The Hall–Kier alpha value is -1.29. The number of hydrogen-bond donors (Lipinski definition) is 0. The van der Waals surface area contributed by atoms with Crippen molar-refractivity contribution >= 4 is 0 Å². The molecule has 0 spiro atoms. The third kappa shape index (κ3) is 1.59. The lowest BCUT2D eigenvalue weighted by atomic mass is 9.98. The van der Waals surface area contributed by atoms with Crippen LogP contribution in [0.4, 0.5) is 0 Å². The topological polar surface area (TPSA) is 23.8 Å². The van der Waals surface area contributed by atoms with Crippen molar-refractivity contribution < 1.29 is 1.37 Å². The van der Waals surface area contributed by atoms with Crippen LogP contribution in [0.15, 0.2) is 24.2 Å². The first-order chi connectivity index (χ1) is 5.65. The maximum absolute atomic E-state index is 8.76. The van der Waals surface area contributed by atoms with E-state index in [0.29, 0.717) is 17.5 Å². The molecule has 1 aromatic rings. The van der Waals surface area contributed by atoms with Crippen LogP contribution < -0.4 is 0 Å². The normalized spacial score (nSPS) is 10.9. The van der Waals surface area contributed by atoms with E-state index in [1.54, 1.807) is 12.1 Å². The van der Waals surface area contributed by atoms with Crippen molar-refractivity contribution in [2.45, 2.75) is 19.8 Å². The molecular formula is C10H11N. The average molecular weight is 146 g/mol. The number of rotatable bonds is 1. The summed E-state index contributed by atoms with van der Waals surface area (Å²) in [6, 6.07) is 7.67. The molecule has 0 fully saturated rings. The van der Waals surface area contributed by atoms with Crippen molar-refractivity contribution in [3.8, 4) is 6.07 Å². The summed E-state index contributed by atoms with van der Waals surface area (Å²) in [5.41, 5.74) is 1.64. The fourth-order valence-corrected chi connectivity index (χ4v) is 1.04. The lowest BCUT2D eigenvalue weighted by Crippen LogP contribution is -1.90. The Balaban J connectivity index is 3.23. The summed E-state index contributed by atoms with van der Waals surface area (Å²) in [4.78, 5) is 0. The van der Waals surface area contributed by atoms with Crippen LogP contribution in [-0.2, 0) is 0 Å². The summed E-state index contributed by atoms with van der Waals surface area (Å²) in [7, 11) is 0. The van der Waals surface area contributed by atoms with Gasteiger partial charge in [0.15, 0.2) is 0 Å². The third-order valence-corrected chi connectivity index (χ3v) is 1.64. The first-order valence-corrected chi connectivity index (χ1v) is 3.66. The largest absolute Gasteiger partial charge is 0.192 e. The van der Waals surface area contributed by atoms with Gasteiger partial charge >= 0.3 is 0 Å². The number of nitriles is 1. The molecule has 0 aliphatic heterocycles. The van der Waals surface area contributed by atoms with E-state index in [2.05, 4.69) is 6.07 Å². The molecule has 0 aromatic heterocycles. The summed E-state index contributed by atoms with van der Waals surface area (Å²) in [5.74, 6) is 0.347. The molecule has 0 atom stereocenters. The SMILES string of the molecule is [2H]c1ccc(C(C)C)c(C#N)c1. The monoisotopic (exact) mass is 146 g/mol. The second kappa shape index (κ2) is 3.21. The molecule has 0 N–H and O–H groups in total. The maximum Gasteiger partial charge on any atom is 0.0994 e. The van der Waals surface area contributed by atoms with Crippen LogP contribution in [0.2, 0.25) is 0 Å². The Labute approximate surface area is 68.7 Å². The molecule has 0 heterocycles. The van der Waals surface area contributed by atoms with Crippen molar-refractivity contribution in [3.63, 3.8) is 0 Å². The molecule has 0 radical (unpaired) electrons. The van der Waals surface area contributed by atoms with Crippen LogP contribution in [0.3, 0.4) is 0 Å². The van der Waals surface area contributed by atoms with Crippen molar-refractivity contribution in [1.29, 1.82) is 5.26 Å². The minimum atomic E-state index is 0.347. The van der Waals surface area contributed by atoms with E-state index in [4.69, 9.17) is 6.63 Å². The van der Waals surface area contributed by atoms with Gasteiger partial charge in [-0.1, -0.05) is 32.0 Å². The standard InChI is InChI=1S/C10H11N/c1-8(2)10-6-4-3-5-9(10)7-11/h3-6,8H,1-2H3/i3D. The molecule has 1 rings (SSSR count). The smallest absolute Gasteiger partial charge is 0.0994 e. The highest BCUT2D eigenvalue weighted by Gasteiger charge is 2.03. The lowest BCUT2D eigenvalue weighted by molar-refractivity contribution is 0.862. The summed E-state index contributed by atoms with van der Waals surface area (Å²) in [6.45, 7) is 4.08. The summed E-state index contributed by atoms with van der Waals surface area (Å²) < 4.78 is 7.33. The highest BCUT2D eigenvalue weighted by molar-refractivity contribution is 5.38. The predicted molar refractivity (Wildman–Crippen MR) is 45.2 cm³/mol. The highest BCUT2D eigenvalue weighted by atomic mass is 14.2. The predicted octanol–water partition coefficient (Wildman–Crippen LogP) is 2.68. The van der Waals surface area contributed by atoms with E-state index >= 15 is 0 Å². The molecule has 1 heteroatoms. The molecule has 1 aromatic carbocycles. The van der Waals surface area contributed by atoms with E-state index in [-0.39, 0.29) is 0 Å². The second-order valence-electron chi connectivity index (χ2n) is 2.78. The molecule has 0 saturated heterocycles. The number of nitrogens with zero attached hydrogens (tertiary/aromatic N) is 1. The first kappa shape index (κ1) is 6.42. The first-order valence-electron chi connectivity index (χ1n) is 4.16. The van der Waals surface area contributed by atoms with Crippen molar-refractivity contribution in [3.05, 3.63) is 35.4 Å². The molecule has 1 nitrogen and oxygen atoms in total. The highest BCUT2D eigenvalue weighted by Crippen LogP contribution is 2.17. The maximum atomic E-state index is 8.76. The molecular weight excluding hydrogens is 134 g/mol. The minimum absolute atomic E-state index is 0.347. The molecule has 0 bridgehead atoms. The van der Waals surface area contributed by atoms with Crippen LogP contribution in [-0.4, -0.2) is 0 Å². The van der Waals surface area contributed by atoms with Gasteiger partial charge in [0.1, 0.15) is 0 Å². The molecule has 0 aliphatic rings. The van der Waals surface area contributed by atoms with Gasteiger partial charge in [-0.2, -0.15) is 5.26 Å². The van der Waals surface area contributed by atoms with Gasteiger partial charge in [-0.15, -0.1) is 0 Å². The molecule has 0 amide bonds. The van der Waals surface area contributed by atoms with Crippen molar-refractivity contribution in [2.75, 3.05) is 0 Å². The fourth-order valence-electron chi connectivity index (χ4n) is 1.04. The Morgan fingerprint density at radius 3 is 2.82 bits per heavy atom. The fraction of sp³-hybridized carbons (Fsp3) is 0.300. The van der Waals surface area contributed by atoms with Gasteiger partial charge in [0.2, 0.25) is 0 Å². The van der Waals surface area contributed by atoms with Gasteiger partial charge in [-0.25, -0.2) is 0 Å². The summed E-state index contributed by atoms with van der Waals surface area (Å²) in [6.07, 6.45) is 0. The van der Waals surface area contributed by atoms with Crippen molar-refractivity contribution in [2.24, 2.45) is 0 Å². The van der Waals surface area contributed by atoms with Gasteiger partial charge in [0.05, 0.1) is 13.0 Å². The third-order valence-electron chi connectivity index (χ3n) is 1.64. The average Bonchev–Trinajstić information content (AvgIpc) is 2.03. The van der Waals surface area contributed by atoms with E-state index in [0.717, 1.165) is 5.56 Å². The second-order valence-corrected chi connectivity index (χ2v) is 2.78. The molecule has 0 unspecified atom stereocenters. The van der Waals surface area contributed by atoms with Crippen LogP contribution in [0.5, 0.6) is 0 Å². The van der Waals surface area contributed by atoms with Gasteiger partial charge in [-0.05, 0) is 17.5 Å². The van der Waals surface area contributed by atoms with Crippen LogP contribution in [0.1, 0.15) is 32.3 Å². The molecule has 0 aliphatic carbocycles. The zero-order valence-electron chi connectivity index (χ0n) is 7.76. The van der Waals surface area contributed by atoms with Gasteiger partial charge in [0, 0.05) is 0 Å². The summed E-state index contributed by atoms with van der Waals surface area (Å²) >= 11 is 0. The van der Waals surface area contributed by atoms with E-state index < -0.39 is 0 Å². The van der Waals surface area contributed by atoms with Crippen LogP contribution >= 0.6 is 0 Å². The quantitative estimate of drug-likeness (QED) is 0.597. The van der Waals surface area contributed by atoms with Crippen LogP contribution in [0.25, 0.3) is 0 Å². The Morgan fingerprint density at radius 1 is 1.55 bits per heavy atom. The van der Waals surface area contributed by atoms with Crippen molar-refractivity contribution in [1.82, 2.24) is 0 Å². The molecule has 11 heavy (non-hydrogen) atoms. The molecule has 0 saturated carbocycles. The minimum Gasteiger partial charge on any atom is -0.192 e. The zero-order chi connectivity index (χ0) is 9.14.